The van der Waals surface area contributed by atoms with E-state index >= 15 is 0 Å². The Labute approximate surface area is 141 Å². The minimum atomic E-state index is 0.000175. The Morgan fingerprint density at radius 3 is 2.50 bits per heavy atom. The van der Waals surface area contributed by atoms with Crippen molar-refractivity contribution in [3.63, 3.8) is 0 Å². The number of aryl methyl sites for hydroxylation is 1. The summed E-state index contributed by atoms with van der Waals surface area (Å²) in [6, 6.07) is 7.41. The highest BCUT2D eigenvalue weighted by molar-refractivity contribution is 5.94. The summed E-state index contributed by atoms with van der Waals surface area (Å²) in [5.74, 6) is 1.40. The van der Waals surface area contributed by atoms with E-state index in [2.05, 4.69) is 20.1 Å². The van der Waals surface area contributed by atoms with Crippen molar-refractivity contribution in [2.75, 3.05) is 37.7 Å². The zero-order chi connectivity index (χ0) is 16.9. The number of ether oxygens (including phenoxy) is 1. The smallest absolute Gasteiger partial charge is 0.255 e. The summed E-state index contributed by atoms with van der Waals surface area (Å²) in [5, 5.41) is 8.29. The van der Waals surface area contributed by atoms with Gasteiger partial charge in [-0.25, -0.2) is 4.98 Å². The largest absolute Gasteiger partial charge is 0.478 e. The number of pyridine rings is 1. The number of hydrogen-bond donors (Lipinski definition) is 0. The molecular weight excluding hydrogens is 306 g/mol. The molecule has 1 amide bonds. The minimum absolute atomic E-state index is 0.000175. The number of nitrogens with zero attached hydrogens (tertiary/aromatic N) is 5. The van der Waals surface area contributed by atoms with Gasteiger partial charge in [-0.1, -0.05) is 0 Å². The van der Waals surface area contributed by atoms with Gasteiger partial charge in [-0.2, -0.15) is 5.10 Å². The number of piperazine rings is 1. The maximum atomic E-state index is 12.6. The minimum Gasteiger partial charge on any atom is -0.478 e. The SMILES string of the molecule is CCOc1ccc(C(=O)N2CCN(c3ccc(C)nn3)CC2)cn1. The van der Waals surface area contributed by atoms with E-state index in [9.17, 15) is 4.79 Å². The van der Waals surface area contributed by atoms with E-state index in [-0.39, 0.29) is 5.91 Å². The highest BCUT2D eigenvalue weighted by Crippen LogP contribution is 2.15. The molecule has 1 saturated heterocycles. The van der Waals surface area contributed by atoms with Gasteiger partial charge in [0.25, 0.3) is 5.91 Å². The zero-order valence-corrected chi connectivity index (χ0v) is 14.0. The van der Waals surface area contributed by atoms with Crippen molar-refractivity contribution in [1.82, 2.24) is 20.1 Å². The maximum absolute atomic E-state index is 12.6. The zero-order valence-electron chi connectivity index (χ0n) is 14.0. The fourth-order valence-electron chi connectivity index (χ4n) is 2.62. The van der Waals surface area contributed by atoms with Gasteiger partial charge in [0.05, 0.1) is 17.9 Å². The topological polar surface area (TPSA) is 71.5 Å². The van der Waals surface area contributed by atoms with Crippen LogP contribution in [0.4, 0.5) is 5.82 Å². The Morgan fingerprint density at radius 2 is 1.92 bits per heavy atom. The van der Waals surface area contributed by atoms with Crippen LogP contribution >= 0.6 is 0 Å². The molecule has 2 aromatic heterocycles. The molecule has 0 aliphatic carbocycles. The molecule has 1 aliphatic heterocycles. The summed E-state index contributed by atoms with van der Waals surface area (Å²) in [4.78, 5) is 20.7. The molecule has 24 heavy (non-hydrogen) atoms. The Bertz CT molecular complexity index is 679. The van der Waals surface area contributed by atoms with Gasteiger partial charge in [-0.3, -0.25) is 4.79 Å². The number of rotatable bonds is 4. The van der Waals surface area contributed by atoms with Gasteiger partial charge < -0.3 is 14.5 Å². The van der Waals surface area contributed by atoms with Crippen LogP contribution in [-0.4, -0.2) is 58.8 Å². The second-order valence-electron chi connectivity index (χ2n) is 5.63. The summed E-state index contributed by atoms with van der Waals surface area (Å²) >= 11 is 0. The summed E-state index contributed by atoms with van der Waals surface area (Å²) in [6.45, 7) is 7.17. The van der Waals surface area contributed by atoms with Crippen LogP contribution in [0.5, 0.6) is 5.88 Å². The van der Waals surface area contributed by atoms with E-state index < -0.39 is 0 Å². The molecule has 1 fully saturated rings. The normalized spacial score (nSPS) is 14.6. The molecule has 3 heterocycles. The molecule has 0 N–H and O–H groups in total. The van der Waals surface area contributed by atoms with Crippen LogP contribution in [0, 0.1) is 6.92 Å². The van der Waals surface area contributed by atoms with Crippen LogP contribution in [0.15, 0.2) is 30.5 Å². The van der Waals surface area contributed by atoms with Crippen molar-refractivity contribution < 1.29 is 9.53 Å². The Morgan fingerprint density at radius 1 is 1.12 bits per heavy atom. The molecule has 0 radical (unpaired) electrons. The lowest BCUT2D eigenvalue weighted by molar-refractivity contribution is 0.0746. The predicted octanol–water partition coefficient (Wildman–Crippen LogP) is 1.54. The molecule has 0 atom stereocenters. The summed E-state index contributed by atoms with van der Waals surface area (Å²) in [6.07, 6.45) is 1.57. The number of hydrogen-bond acceptors (Lipinski definition) is 6. The molecule has 0 spiro atoms. The molecule has 0 unspecified atom stereocenters. The fraction of sp³-hybridized carbons (Fsp3) is 0.412. The second-order valence-corrected chi connectivity index (χ2v) is 5.63. The van der Waals surface area contributed by atoms with Gasteiger partial charge in [-0.05, 0) is 32.0 Å². The first-order valence-electron chi connectivity index (χ1n) is 8.11. The molecule has 1 aliphatic rings. The number of carbonyl (C=O) groups excluding carboxylic acids is 1. The highest BCUT2D eigenvalue weighted by atomic mass is 16.5. The molecular formula is C17H21N5O2. The van der Waals surface area contributed by atoms with E-state index in [1.807, 2.05) is 30.9 Å². The molecule has 7 heteroatoms. The van der Waals surface area contributed by atoms with E-state index in [0.29, 0.717) is 31.1 Å². The maximum Gasteiger partial charge on any atom is 0.255 e. The van der Waals surface area contributed by atoms with Gasteiger partial charge in [-0.15, -0.1) is 5.10 Å². The van der Waals surface area contributed by atoms with Gasteiger partial charge in [0.15, 0.2) is 5.82 Å². The molecule has 126 valence electrons. The lowest BCUT2D eigenvalue weighted by Crippen LogP contribution is -2.49. The third-order valence-corrected chi connectivity index (χ3v) is 3.95. The average Bonchev–Trinajstić information content (AvgIpc) is 2.63. The number of amides is 1. The van der Waals surface area contributed by atoms with Crippen molar-refractivity contribution in [3.05, 3.63) is 41.7 Å². The standard InChI is InChI=1S/C17H21N5O2/c1-3-24-16-7-5-14(12-18-16)17(23)22-10-8-21(9-11-22)15-6-4-13(2)19-20-15/h4-7,12H,3,8-11H2,1-2H3. The molecule has 7 nitrogen and oxygen atoms in total. The molecule has 0 saturated carbocycles. The van der Waals surface area contributed by atoms with Crippen LogP contribution in [0.25, 0.3) is 0 Å². The van der Waals surface area contributed by atoms with Crippen LogP contribution in [0.3, 0.4) is 0 Å². The summed E-state index contributed by atoms with van der Waals surface area (Å²) < 4.78 is 5.30. The van der Waals surface area contributed by atoms with Gasteiger partial charge in [0.1, 0.15) is 0 Å². The van der Waals surface area contributed by atoms with Gasteiger partial charge in [0.2, 0.25) is 5.88 Å². The van der Waals surface area contributed by atoms with Crippen LogP contribution in [0.1, 0.15) is 23.0 Å². The predicted molar refractivity (Wildman–Crippen MR) is 90.3 cm³/mol. The number of carbonyl (C=O) groups is 1. The van der Waals surface area contributed by atoms with E-state index in [1.54, 1.807) is 18.3 Å². The molecule has 0 aromatic carbocycles. The third kappa shape index (κ3) is 3.61. The first kappa shape index (κ1) is 16.2. The van der Waals surface area contributed by atoms with Crippen molar-refractivity contribution in [3.8, 4) is 5.88 Å². The van der Waals surface area contributed by atoms with E-state index in [4.69, 9.17) is 4.74 Å². The lowest BCUT2D eigenvalue weighted by Gasteiger charge is -2.35. The summed E-state index contributed by atoms with van der Waals surface area (Å²) in [7, 11) is 0. The number of anilines is 1. The fourth-order valence-corrected chi connectivity index (χ4v) is 2.62. The Kier molecular flexibility index (Phi) is 4.88. The third-order valence-electron chi connectivity index (χ3n) is 3.95. The number of aromatic nitrogens is 3. The van der Waals surface area contributed by atoms with Crippen LogP contribution in [-0.2, 0) is 0 Å². The Balaban J connectivity index is 1.59. The lowest BCUT2D eigenvalue weighted by atomic mass is 10.2. The second kappa shape index (κ2) is 7.25. The van der Waals surface area contributed by atoms with Gasteiger partial charge in [0, 0.05) is 38.4 Å². The first-order chi connectivity index (χ1) is 11.7. The average molecular weight is 327 g/mol. The summed E-state index contributed by atoms with van der Waals surface area (Å²) in [5.41, 5.74) is 1.48. The van der Waals surface area contributed by atoms with E-state index in [0.717, 1.165) is 24.6 Å². The van der Waals surface area contributed by atoms with Crippen molar-refractivity contribution in [2.45, 2.75) is 13.8 Å². The van der Waals surface area contributed by atoms with Crippen molar-refractivity contribution in [1.29, 1.82) is 0 Å². The highest BCUT2D eigenvalue weighted by Gasteiger charge is 2.23. The monoisotopic (exact) mass is 327 g/mol. The molecule has 3 rings (SSSR count). The van der Waals surface area contributed by atoms with Crippen molar-refractivity contribution >= 4 is 11.7 Å². The quantitative estimate of drug-likeness (QED) is 0.848. The van der Waals surface area contributed by atoms with Gasteiger partial charge >= 0.3 is 0 Å². The Hall–Kier alpha value is -2.70. The van der Waals surface area contributed by atoms with E-state index in [1.165, 1.54) is 0 Å². The van der Waals surface area contributed by atoms with Crippen LogP contribution in [0.2, 0.25) is 0 Å². The molecule has 2 aromatic rings. The molecule has 0 bridgehead atoms. The van der Waals surface area contributed by atoms with Crippen LogP contribution < -0.4 is 9.64 Å². The first-order valence-corrected chi connectivity index (χ1v) is 8.11. The van der Waals surface area contributed by atoms with Crippen molar-refractivity contribution in [2.24, 2.45) is 0 Å².